The second kappa shape index (κ2) is 20.3. The molecule has 3 aliphatic rings. The number of esters is 1. The van der Waals surface area contributed by atoms with Crippen molar-refractivity contribution in [2.45, 2.75) is 142 Å². The van der Waals surface area contributed by atoms with Gasteiger partial charge in [0.15, 0.2) is 29.2 Å². The van der Waals surface area contributed by atoms with Gasteiger partial charge in [-0.2, -0.15) is 0 Å². The number of ketones is 2. The number of aromatic hydroxyl groups is 1. The molecule has 0 aliphatic carbocycles. The molecule has 0 bridgehead atoms. The number of aliphatic hydroxyl groups is 1. The number of pyridine rings is 1. The van der Waals surface area contributed by atoms with Crippen LogP contribution < -0.4 is 10.1 Å². The van der Waals surface area contributed by atoms with Gasteiger partial charge in [0, 0.05) is 47.5 Å². The van der Waals surface area contributed by atoms with Crippen LogP contribution in [0.5, 0.6) is 11.5 Å². The highest BCUT2D eigenvalue weighted by molar-refractivity contribution is 6.00. The van der Waals surface area contributed by atoms with Crippen molar-refractivity contribution in [3.8, 4) is 11.5 Å². The maximum absolute atomic E-state index is 14.7. The molecule has 0 spiro atoms. The number of benzene rings is 2. The molecule has 6 rings (SSSR count). The number of carbonyl (C=O) groups is 4. The Labute approximate surface area is 382 Å². The van der Waals surface area contributed by atoms with Crippen molar-refractivity contribution in [1.82, 2.24) is 15.2 Å². The number of alkyl carbamates (subject to hydrolysis) is 1. The van der Waals surface area contributed by atoms with Crippen LogP contribution in [-0.4, -0.2) is 118 Å². The monoisotopic (exact) mass is 901 g/mol. The fourth-order valence-electron chi connectivity index (χ4n) is 10.1. The summed E-state index contributed by atoms with van der Waals surface area (Å²) in [5, 5.41) is 27.0. The van der Waals surface area contributed by atoms with Gasteiger partial charge in [0.1, 0.15) is 23.9 Å². The third-order valence-corrected chi connectivity index (χ3v) is 13.7. The Morgan fingerprint density at radius 3 is 2.45 bits per heavy atom. The lowest BCUT2D eigenvalue weighted by atomic mass is 9.73. The highest BCUT2D eigenvalue weighted by Gasteiger charge is 2.57. The number of cyclic esters (lactones) is 1. The predicted octanol–water partition coefficient (Wildman–Crippen LogP) is 6.70. The van der Waals surface area contributed by atoms with E-state index in [1.165, 1.54) is 14.0 Å². The lowest BCUT2D eigenvalue weighted by Crippen LogP contribution is -2.60. The van der Waals surface area contributed by atoms with Gasteiger partial charge in [-0.15, -0.1) is 0 Å². The number of nitrogens with one attached hydrogen (secondary N) is 1. The Kier molecular flexibility index (Phi) is 15.5. The second-order valence-corrected chi connectivity index (χ2v) is 18.8. The van der Waals surface area contributed by atoms with E-state index in [-0.39, 0.29) is 37.5 Å². The number of Topliss-reactive ketones (excluding diaryl/α,β-unsaturated/α-hetero) is 2. The van der Waals surface area contributed by atoms with E-state index in [4.69, 9.17) is 28.4 Å². The molecule has 65 heavy (non-hydrogen) atoms. The average Bonchev–Trinajstić information content (AvgIpc) is 3.59. The topological polar surface area (TPSA) is 192 Å². The lowest BCUT2D eigenvalue weighted by Gasteiger charge is -2.47. The number of nitrogens with zero attached hydrogens (tertiary/aromatic N) is 2. The van der Waals surface area contributed by atoms with Crippen molar-refractivity contribution in [3.63, 3.8) is 0 Å². The summed E-state index contributed by atoms with van der Waals surface area (Å²) < 4.78 is 37.3. The van der Waals surface area contributed by atoms with Crippen LogP contribution in [0.4, 0.5) is 4.79 Å². The van der Waals surface area contributed by atoms with Gasteiger partial charge in [-0.25, -0.2) is 4.79 Å². The molecule has 4 heterocycles. The number of aryl methyl sites for hydroxylation is 1. The van der Waals surface area contributed by atoms with E-state index in [1.807, 2.05) is 74.3 Å². The van der Waals surface area contributed by atoms with Crippen molar-refractivity contribution in [3.05, 3.63) is 71.4 Å². The maximum atomic E-state index is 14.7. The van der Waals surface area contributed by atoms with Crippen LogP contribution in [0.15, 0.2) is 54.7 Å². The first-order chi connectivity index (χ1) is 30.7. The molecule has 15 heteroatoms. The maximum Gasteiger partial charge on any atom is 0.408 e. The number of likely N-dealkylation sites (N-methyl/N-ethyl adjacent to an activating group) is 1. The first-order valence-electron chi connectivity index (χ1n) is 22.7. The third-order valence-electron chi connectivity index (χ3n) is 13.7. The quantitative estimate of drug-likeness (QED) is 0.136. The number of aliphatic hydroxyl groups excluding tert-OH is 1. The summed E-state index contributed by atoms with van der Waals surface area (Å²) in [6.45, 7) is 15.8. The molecule has 3 fully saturated rings. The number of rotatable bonds is 11. The largest absolute Gasteiger partial charge is 0.504 e. The van der Waals surface area contributed by atoms with E-state index < -0.39 is 95.5 Å². The van der Waals surface area contributed by atoms with Crippen molar-refractivity contribution in [1.29, 1.82) is 0 Å². The standard InChI is InChI=1S/C50H67N3O12/c1-12-39-50(9)44(52-48(59)65-50)30(5)40(54)28(3)24-49(8,61-19-15-16-33-23-34-17-13-14-18-36(34)51-25-33)45(31(6)41(55)32(7)46(58)63-39)64-47-43(57)37(22-29(4)62-47)53(10)26-35-20-27(2)21-38(60-11)42(35)56/h13-18,20-21,23,25,28-32,37,39,43-45,47,56-57H,12,19,22,24,26H2,1-11H3,(H,52,59)/b16-15+/t28-,29-,30+,31+,32-,37+,39-,43-,44-,45-,47?,49+,50-/m1/s1. The van der Waals surface area contributed by atoms with Gasteiger partial charge in [-0.1, -0.05) is 64.1 Å². The van der Waals surface area contributed by atoms with E-state index in [1.54, 1.807) is 53.8 Å². The van der Waals surface area contributed by atoms with Gasteiger partial charge >= 0.3 is 12.1 Å². The van der Waals surface area contributed by atoms with Crippen molar-refractivity contribution < 1.29 is 57.8 Å². The minimum atomic E-state index is -1.44. The number of aromatic nitrogens is 1. The van der Waals surface area contributed by atoms with Crippen LogP contribution in [0.1, 0.15) is 91.3 Å². The summed E-state index contributed by atoms with van der Waals surface area (Å²) in [4.78, 5) is 62.7. The first-order valence-corrected chi connectivity index (χ1v) is 22.7. The Hall–Kier alpha value is -4.93. The second-order valence-electron chi connectivity index (χ2n) is 18.8. The number of phenolic OH excluding ortho intramolecular Hbond substituents is 1. The molecule has 2 aromatic carbocycles. The zero-order chi connectivity index (χ0) is 47.5. The number of ether oxygens (including phenoxy) is 6. The Morgan fingerprint density at radius 1 is 1.02 bits per heavy atom. The van der Waals surface area contributed by atoms with Crippen LogP contribution >= 0.6 is 0 Å². The molecule has 13 atom stereocenters. The number of amides is 1. The van der Waals surface area contributed by atoms with Gasteiger partial charge in [0.25, 0.3) is 0 Å². The van der Waals surface area contributed by atoms with Crippen LogP contribution in [0.25, 0.3) is 17.0 Å². The molecule has 3 aromatic rings. The number of hydrogen-bond acceptors (Lipinski definition) is 14. The molecule has 1 amide bonds. The molecular weight excluding hydrogens is 835 g/mol. The fourth-order valence-corrected chi connectivity index (χ4v) is 10.1. The van der Waals surface area contributed by atoms with Gasteiger partial charge in [-0.3, -0.25) is 24.3 Å². The zero-order valence-electron chi connectivity index (χ0n) is 39.5. The molecule has 354 valence electrons. The summed E-state index contributed by atoms with van der Waals surface area (Å²) in [5.74, 6) is -5.12. The van der Waals surface area contributed by atoms with Crippen LogP contribution in [0.2, 0.25) is 0 Å². The number of para-hydroxylation sites is 1. The molecule has 3 N–H and O–H groups in total. The third kappa shape index (κ3) is 10.5. The van der Waals surface area contributed by atoms with E-state index in [0.29, 0.717) is 17.7 Å². The van der Waals surface area contributed by atoms with Gasteiger partial charge in [0.2, 0.25) is 0 Å². The molecule has 1 unspecified atom stereocenters. The van der Waals surface area contributed by atoms with Gasteiger partial charge < -0.3 is 44.0 Å². The normalized spacial score (nSPS) is 34.0. The Balaban J connectivity index is 1.38. The van der Waals surface area contributed by atoms with E-state index in [0.717, 1.165) is 22.0 Å². The molecule has 3 aliphatic heterocycles. The van der Waals surface area contributed by atoms with Crippen molar-refractivity contribution in [2.75, 3.05) is 20.8 Å². The van der Waals surface area contributed by atoms with E-state index in [9.17, 15) is 29.4 Å². The summed E-state index contributed by atoms with van der Waals surface area (Å²) in [6.07, 6.45) is 0.231. The minimum absolute atomic E-state index is 0.00149. The van der Waals surface area contributed by atoms with Crippen LogP contribution in [0, 0.1) is 30.6 Å². The lowest BCUT2D eigenvalue weighted by molar-refractivity contribution is -0.297. The highest BCUT2D eigenvalue weighted by atomic mass is 16.7. The molecule has 3 saturated heterocycles. The molecule has 15 nitrogen and oxygen atoms in total. The molecular formula is C50H67N3O12. The number of phenols is 1. The Bertz CT molecular complexity index is 2250. The van der Waals surface area contributed by atoms with Crippen LogP contribution in [0.3, 0.4) is 0 Å². The molecule has 0 radical (unpaired) electrons. The zero-order valence-corrected chi connectivity index (χ0v) is 39.5. The smallest absolute Gasteiger partial charge is 0.408 e. The Morgan fingerprint density at radius 2 is 1.74 bits per heavy atom. The summed E-state index contributed by atoms with van der Waals surface area (Å²) in [5.41, 5.74) is 0.330. The van der Waals surface area contributed by atoms with Crippen molar-refractivity contribution in [2.24, 2.45) is 23.7 Å². The summed E-state index contributed by atoms with van der Waals surface area (Å²) in [6, 6.07) is 12.0. The predicted molar refractivity (Wildman–Crippen MR) is 243 cm³/mol. The highest BCUT2D eigenvalue weighted by Crippen LogP contribution is 2.41. The number of hydrogen-bond donors (Lipinski definition) is 3. The molecule has 0 saturated carbocycles. The number of carbonyl (C=O) groups excluding carboxylic acids is 4. The fraction of sp³-hybridized carbons (Fsp3) is 0.580. The van der Waals surface area contributed by atoms with E-state index >= 15 is 0 Å². The van der Waals surface area contributed by atoms with Crippen LogP contribution in [-0.2, 0) is 44.6 Å². The van der Waals surface area contributed by atoms with Gasteiger partial charge in [-0.05, 0) is 90.3 Å². The van der Waals surface area contributed by atoms with Crippen molar-refractivity contribution >= 4 is 40.6 Å². The summed E-state index contributed by atoms with van der Waals surface area (Å²) in [7, 11) is 3.33. The summed E-state index contributed by atoms with van der Waals surface area (Å²) >= 11 is 0. The van der Waals surface area contributed by atoms with E-state index in [2.05, 4.69) is 10.3 Å². The molecule has 1 aromatic heterocycles. The minimum Gasteiger partial charge on any atom is -0.504 e. The SMILES string of the molecule is CC[C@H]1OC(=O)[C@H](C)C(=O)[C@H](C)[C@@H](OC2O[C@H](C)C[C@H](N(C)Cc3cc(C)cc(OC)c3O)[C@H]2O)[C@@](C)(OC/C=C/c2cnc3ccccc3c2)C[C@@H](C)C(=O)[C@H](C)[C@H]2NC(=O)O[C@@]21C. The average molecular weight is 902 g/mol. The van der Waals surface area contributed by atoms with Gasteiger partial charge in [0.05, 0.1) is 43.1 Å². The first kappa shape index (κ1) is 49.5. The number of methoxy groups -OCH3 is 1. The number of fused-ring (bicyclic) bond motifs is 2.